The molecule has 2 heterocycles. The number of amides is 2. The molecule has 7 nitrogen and oxygen atoms in total. The van der Waals surface area contributed by atoms with Crippen molar-refractivity contribution in [3.63, 3.8) is 0 Å². The van der Waals surface area contributed by atoms with E-state index in [2.05, 4.69) is 15.7 Å². The molecule has 1 aliphatic rings. The Morgan fingerprint density at radius 3 is 2.71 bits per heavy atom. The summed E-state index contributed by atoms with van der Waals surface area (Å²) in [5, 5.41) is 9.42. The number of methoxy groups -OCH3 is 1. The molecule has 0 unspecified atom stereocenters. The molecule has 1 aromatic heterocycles. The van der Waals surface area contributed by atoms with Crippen molar-refractivity contribution in [2.24, 2.45) is 0 Å². The van der Waals surface area contributed by atoms with Crippen molar-refractivity contribution in [3.05, 3.63) is 60.3 Å². The average Bonchev–Trinajstić information content (AvgIpc) is 3.16. The van der Waals surface area contributed by atoms with Gasteiger partial charge in [0.05, 0.1) is 25.3 Å². The fourth-order valence-electron chi connectivity index (χ4n) is 3.44. The number of nitrogens with one attached hydrogen (secondary N) is 2. The highest BCUT2D eigenvalue weighted by Gasteiger charge is 2.34. The van der Waals surface area contributed by atoms with E-state index in [1.807, 2.05) is 0 Å². The molecule has 1 atom stereocenters. The minimum absolute atomic E-state index is 0.0236. The number of fused-ring (bicyclic) bond motifs is 1. The highest BCUT2D eigenvalue weighted by molar-refractivity contribution is 6.03. The lowest BCUT2D eigenvalue weighted by Gasteiger charge is -2.25. The van der Waals surface area contributed by atoms with Gasteiger partial charge in [0.2, 0.25) is 11.8 Å². The highest BCUT2D eigenvalue weighted by atomic mass is 19.4. The quantitative estimate of drug-likeness (QED) is 0.653. The first-order valence-electron chi connectivity index (χ1n) is 9.27. The van der Waals surface area contributed by atoms with Gasteiger partial charge in [-0.15, -0.1) is 0 Å². The van der Waals surface area contributed by atoms with Gasteiger partial charge in [-0.25, -0.2) is 4.68 Å². The van der Waals surface area contributed by atoms with E-state index < -0.39 is 29.6 Å². The van der Waals surface area contributed by atoms with Gasteiger partial charge in [-0.1, -0.05) is 24.3 Å². The van der Waals surface area contributed by atoms with Crippen molar-refractivity contribution in [1.82, 2.24) is 9.78 Å². The van der Waals surface area contributed by atoms with Crippen LogP contribution in [0.2, 0.25) is 0 Å². The molecule has 160 valence electrons. The summed E-state index contributed by atoms with van der Waals surface area (Å²) in [4.78, 5) is 25.2. The summed E-state index contributed by atoms with van der Waals surface area (Å²) in [6.45, 7) is 0. The first-order valence-corrected chi connectivity index (χ1v) is 9.27. The number of benzene rings is 2. The minimum atomic E-state index is -4.54. The zero-order chi connectivity index (χ0) is 22.2. The number of carbonyl (C=O) groups excluding carboxylic acids is 2. The van der Waals surface area contributed by atoms with E-state index in [0.717, 1.165) is 12.1 Å². The average molecular weight is 430 g/mol. The summed E-state index contributed by atoms with van der Waals surface area (Å²) in [6, 6.07) is 10.4. The maximum Gasteiger partial charge on any atom is 0.416 e. The molecule has 3 aromatic rings. The normalized spacial score (nSPS) is 15.7. The van der Waals surface area contributed by atoms with Crippen molar-refractivity contribution in [2.75, 3.05) is 17.7 Å². The van der Waals surface area contributed by atoms with Crippen LogP contribution < -0.4 is 15.4 Å². The molecule has 2 aromatic carbocycles. The van der Waals surface area contributed by atoms with Crippen LogP contribution in [0.15, 0.2) is 54.7 Å². The first-order chi connectivity index (χ1) is 14.8. The number of alkyl halides is 3. The number of ether oxygens (including phenoxy) is 1. The summed E-state index contributed by atoms with van der Waals surface area (Å²) in [6.07, 6.45) is -3.24. The number of rotatable bonds is 4. The van der Waals surface area contributed by atoms with E-state index in [0.29, 0.717) is 22.7 Å². The van der Waals surface area contributed by atoms with E-state index in [4.69, 9.17) is 4.74 Å². The van der Waals surface area contributed by atoms with Crippen molar-refractivity contribution in [1.29, 1.82) is 0 Å². The Balaban J connectivity index is 1.66. The number of para-hydroxylation sites is 1. The summed E-state index contributed by atoms with van der Waals surface area (Å²) in [5.74, 6) is -0.188. The van der Waals surface area contributed by atoms with Gasteiger partial charge in [0.25, 0.3) is 0 Å². The van der Waals surface area contributed by atoms with Crippen LogP contribution in [0, 0.1) is 0 Å². The largest absolute Gasteiger partial charge is 0.496 e. The Morgan fingerprint density at radius 1 is 1.19 bits per heavy atom. The van der Waals surface area contributed by atoms with Gasteiger partial charge >= 0.3 is 6.18 Å². The Labute approximate surface area is 174 Å². The smallest absolute Gasteiger partial charge is 0.416 e. The monoisotopic (exact) mass is 430 g/mol. The zero-order valence-electron chi connectivity index (χ0n) is 16.2. The standard InChI is InChI=1S/C21H17F3N4O3/c1-31-17-8-3-2-7-14(17)15-11-25-28-16(10-18(29)27-19(15)28)20(30)26-13-6-4-5-12(9-13)21(22,23)24/h2-9,11,16H,10H2,1H3,(H,26,30)(H,27,29)/t16-/m0/s1. The topological polar surface area (TPSA) is 85.2 Å². The Morgan fingerprint density at radius 2 is 1.97 bits per heavy atom. The third-order valence-electron chi connectivity index (χ3n) is 4.88. The van der Waals surface area contributed by atoms with Gasteiger partial charge in [0, 0.05) is 16.8 Å². The number of nitrogens with zero attached hydrogens (tertiary/aromatic N) is 2. The Kier molecular flexibility index (Phi) is 5.14. The van der Waals surface area contributed by atoms with E-state index in [-0.39, 0.29) is 12.1 Å². The number of halogens is 3. The lowest BCUT2D eigenvalue weighted by Crippen LogP contribution is -2.35. The van der Waals surface area contributed by atoms with Crippen LogP contribution in [0.1, 0.15) is 18.0 Å². The van der Waals surface area contributed by atoms with Crippen LogP contribution in [0.4, 0.5) is 24.7 Å². The maximum atomic E-state index is 12.9. The zero-order valence-corrected chi connectivity index (χ0v) is 16.2. The summed E-state index contributed by atoms with van der Waals surface area (Å²) >= 11 is 0. The predicted octanol–water partition coefficient (Wildman–Crippen LogP) is 4.10. The molecule has 2 amide bonds. The fraction of sp³-hybridized carbons (Fsp3) is 0.190. The van der Waals surface area contributed by atoms with Gasteiger partial charge < -0.3 is 15.4 Å². The number of aromatic nitrogens is 2. The Hall–Kier alpha value is -3.82. The molecule has 0 bridgehead atoms. The summed E-state index contributed by atoms with van der Waals surface area (Å²) in [5.41, 5.74) is 0.322. The molecular weight excluding hydrogens is 413 g/mol. The molecule has 0 radical (unpaired) electrons. The highest BCUT2D eigenvalue weighted by Crippen LogP contribution is 2.38. The van der Waals surface area contributed by atoms with Gasteiger partial charge in [0.1, 0.15) is 17.6 Å². The molecule has 1 aliphatic heterocycles. The molecule has 0 fully saturated rings. The van der Waals surface area contributed by atoms with Crippen molar-refractivity contribution >= 4 is 23.3 Å². The van der Waals surface area contributed by atoms with Gasteiger partial charge in [-0.05, 0) is 24.3 Å². The fourth-order valence-corrected chi connectivity index (χ4v) is 3.44. The van der Waals surface area contributed by atoms with Gasteiger partial charge in [0.15, 0.2) is 0 Å². The van der Waals surface area contributed by atoms with Crippen LogP contribution >= 0.6 is 0 Å². The molecule has 2 N–H and O–H groups in total. The van der Waals surface area contributed by atoms with Crippen molar-refractivity contribution in [2.45, 2.75) is 18.6 Å². The third-order valence-corrected chi connectivity index (χ3v) is 4.88. The predicted molar refractivity (Wildman–Crippen MR) is 107 cm³/mol. The molecule has 4 rings (SSSR count). The SMILES string of the molecule is COc1ccccc1-c1cnn2c1NC(=O)C[C@H]2C(=O)Nc1cccc(C(F)(F)F)c1. The van der Waals surface area contributed by atoms with Crippen LogP contribution in [0.25, 0.3) is 11.1 Å². The second-order valence-electron chi connectivity index (χ2n) is 6.89. The van der Waals surface area contributed by atoms with Crippen LogP contribution in [-0.4, -0.2) is 28.7 Å². The maximum absolute atomic E-state index is 12.9. The van der Waals surface area contributed by atoms with E-state index >= 15 is 0 Å². The molecule has 0 saturated heterocycles. The van der Waals surface area contributed by atoms with Crippen LogP contribution in [0.5, 0.6) is 5.75 Å². The molecule has 10 heteroatoms. The van der Waals surface area contributed by atoms with E-state index in [1.54, 1.807) is 24.3 Å². The Bertz CT molecular complexity index is 1160. The van der Waals surface area contributed by atoms with Crippen molar-refractivity contribution < 1.29 is 27.5 Å². The number of hydrogen-bond donors (Lipinski definition) is 2. The number of carbonyl (C=O) groups is 2. The second kappa shape index (κ2) is 7.78. The summed E-state index contributed by atoms with van der Waals surface area (Å²) < 4.78 is 45.5. The van der Waals surface area contributed by atoms with Crippen LogP contribution in [0.3, 0.4) is 0 Å². The van der Waals surface area contributed by atoms with E-state index in [1.165, 1.54) is 30.1 Å². The lowest BCUT2D eigenvalue weighted by atomic mass is 10.1. The lowest BCUT2D eigenvalue weighted by molar-refractivity contribution is -0.137. The molecule has 0 saturated carbocycles. The molecular formula is C21H17F3N4O3. The summed E-state index contributed by atoms with van der Waals surface area (Å²) in [7, 11) is 1.51. The number of hydrogen-bond acceptors (Lipinski definition) is 4. The van der Waals surface area contributed by atoms with E-state index in [9.17, 15) is 22.8 Å². The minimum Gasteiger partial charge on any atom is -0.496 e. The van der Waals surface area contributed by atoms with Gasteiger partial charge in [-0.2, -0.15) is 18.3 Å². The molecule has 0 aliphatic carbocycles. The third kappa shape index (κ3) is 3.96. The number of anilines is 2. The van der Waals surface area contributed by atoms with Gasteiger partial charge in [-0.3, -0.25) is 9.59 Å². The van der Waals surface area contributed by atoms with Crippen molar-refractivity contribution in [3.8, 4) is 16.9 Å². The first kappa shape index (κ1) is 20.5. The van der Waals surface area contributed by atoms with Crippen LogP contribution in [-0.2, 0) is 15.8 Å². The molecule has 31 heavy (non-hydrogen) atoms. The molecule has 0 spiro atoms. The second-order valence-corrected chi connectivity index (χ2v) is 6.89.